The van der Waals surface area contributed by atoms with Crippen molar-refractivity contribution in [1.29, 1.82) is 0 Å². The third kappa shape index (κ3) is 6.11. The van der Waals surface area contributed by atoms with Crippen molar-refractivity contribution in [2.45, 2.75) is 33.7 Å². The zero-order chi connectivity index (χ0) is 25.4. The first-order valence-electron chi connectivity index (χ1n) is 11.4. The van der Waals surface area contributed by atoms with E-state index in [0.717, 1.165) is 17.9 Å². The minimum atomic E-state index is -0.335. The number of para-hydroxylation sites is 2. The zero-order valence-corrected chi connectivity index (χ0v) is 21.1. The average molecular weight is 480 g/mol. The number of benzene rings is 2. The van der Waals surface area contributed by atoms with Gasteiger partial charge in [0.2, 0.25) is 5.96 Å². The lowest BCUT2D eigenvalue weighted by molar-refractivity contribution is 0.0976. The van der Waals surface area contributed by atoms with Crippen LogP contribution in [0.25, 0.3) is 0 Å². The number of methoxy groups -OCH3 is 3. The summed E-state index contributed by atoms with van der Waals surface area (Å²) in [6.07, 6.45) is 0.695. The van der Waals surface area contributed by atoms with Gasteiger partial charge in [-0.2, -0.15) is 5.10 Å². The molecule has 3 rings (SSSR count). The van der Waals surface area contributed by atoms with E-state index in [1.54, 1.807) is 32.4 Å². The van der Waals surface area contributed by atoms with Crippen LogP contribution < -0.4 is 24.8 Å². The van der Waals surface area contributed by atoms with Gasteiger partial charge < -0.3 is 19.5 Å². The van der Waals surface area contributed by atoms with Gasteiger partial charge in [-0.25, -0.2) is 0 Å². The van der Waals surface area contributed by atoms with Gasteiger partial charge in [0.05, 0.1) is 32.7 Å². The largest absolute Gasteiger partial charge is 0.495 e. The van der Waals surface area contributed by atoms with Gasteiger partial charge in [-0.15, -0.1) is 0 Å². The molecule has 0 saturated heterocycles. The van der Waals surface area contributed by atoms with Crippen molar-refractivity contribution in [2.75, 3.05) is 33.2 Å². The Labute approximate surface area is 206 Å². The summed E-state index contributed by atoms with van der Waals surface area (Å²) in [5, 5.41) is 10.7. The molecule has 0 atom stereocenters. The number of rotatable bonds is 9. The third-order valence-corrected chi connectivity index (χ3v) is 5.70. The molecular formula is C26H33N5O4. The van der Waals surface area contributed by atoms with Crippen molar-refractivity contribution in [2.24, 2.45) is 4.99 Å². The van der Waals surface area contributed by atoms with Gasteiger partial charge >= 0.3 is 0 Å². The fraction of sp³-hybridized carbons (Fsp3) is 0.346. The number of aliphatic imine (C=N–C) groups is 1. The number of nitrogens with zero attached hydrogens (tertiary/aromatic N) is 3. The molecular weight excluding hydrogens is 446 g/mol. The first-order valence-corrected chi connectivity index (χ1v) is 11.4. The molecule has 0 unspecified atom stereocenters. The van der Waals surface area contributed by atoms with E-state index in [0.29, 0.717) is 47.4 Å². The van der Waals surface area contributed by atoms with Gasteiger partial charge in [-0.05, 0) is 63.1 Å². The molecule has 186 valence electrons. The summed E-state index contributed by atoms with van der Waals surface area (Å²) >= 11 is 0. The van der Waals surface area contributed by atoms with E-state index in [4.69, 9.17) is 14.2 Å². The van der Waals surface area contributed by atoms with Crippen LogP contribution in [0.1, 0.15) is 34.2 Å². The molecule has 1 amide bonds. The minimum Gasteiger partial charge on any atom is -0.495 e. The molecule has 1 aromatic heterocycles. The van der Waals surface area contributed by atoms with E-state index in [2.05, 4.69) is 34.6 Å². The number of aryl methyl sites for hydroxylation is 2. The van der Waals surface area contributed by atoms with Crippen molar-refractivity contribution in [3.63, 3.8) is 0 Å². The Morgan fingerprint density at radius 1 is 1.00 bits per heavy atom. The highest BCUT2D eigenvalue weighted by Gasteiger charge is 2.15. The van der Waals surface area contributed by atoms with Crippen LogP contribution in [0.4, 0.5) is 5.69 Å². The predicted molar refractivity (Wildman–Crippen MR) is 137 cm³/mol. The second-order valence-corrected chi connectivity index (χ2v) is 7.79. The van der Waals surface area contributed by atoms with Gasteiger partial charge in [-0.3, -0.25) is 19.8 Å². The summed E-state index contributed by atoms with van der Waals surface area (Å²) in [6, 6.07) is 12.4. The SMILES string of the molecule is CCn1nc(C)c(CCN=C(NC(=O)c2ccc(OC)c(OC)c2)Nc2ccccc2OC)c1C. The van der Waals surface area contributed by atoms with Crippen LogP contribution in [0, 0.1) is 13.8 Å². The molecule has 0 fully saturated rings. The van der Waals surface area contributed by atoms with E-state index in [1.807, 2.05) is 35.9 Å². The van der Waals surface area contributed by atoms with Crippen LogP contribution in [-0.4, -0.2) is 49.5 Å². The molecule has 9 nitrogen and oxygen atoms in total. The average Bonchev–Trinajstić information content (AvgIpc) is 3.16. The van der Waals surface area contributed by atoms with Crippen molar-refractivity contribution in [3.8, 4) is 17.2 Å². The molecule has 9 heteroatoms. The van der Waals surface area contributed by atoms with E-state index >= 15 is 0 Å². The number of ether oxygens (including phenoxy) is 3. The number of hydrogen-bond donors (Lipinski definition) is 2. The normalized spacial score (nSPS) is 11.2. The third-order valence-electron chi connectivity index (χ3n) is 5.70. The predicted octanol–water partition coefficient (Wildman–Crippen LogP) is 3.99. The number of hydrogen-bond acceptors (Lipinski definition) is 6. The highest BCUT2D eigenvalue weighted by molar-refractivity contribution is 6.10. The van der Waals surface area contributed by atoms with Crippen LogP contribution in [0.5, 0.6) is 17.2 Å². The van der Waals surface area contributed by atoms with Gasteiger partial charge in [0, 0.05) is 24.3 Å². The van der Waals surface area contributed by atoms with Gasteiger partial charge in [-0.1, -0.05) is 12.1 Å². The van der Waals surface area contributed by atoms with E-state index in [-0.39, 0.29) is 5.91 Å². The molecule has 3 aromatic rings. The Morgan fingerprint density at radius 2 is 1.71 bits per heavy atom. The first-order chi connectivity index (χ1) is 16.9. The van der Waals surface area contributed by atoms with Crippen molar-refractivity contribution in [3.05, 3.63) is 65.0 Å². The minimum absolute atomic E-state index is 0.312. The molecule has 0 aliphatic heterocycles. The number of nitrogens with one attached hydrogen (secondary N) is 2. The molecule has 0 saturated carbocycles. The highest BCUT2D eigenvalue weighted by atomic mass is 16.5. The Balaban J connectivity index is 1.85. The fourth-order valence-electron chi connectivity index (χ4n) is 3.83. The standard InChI is InChI=1S/C26H33N5O4/c1-7-31-18(3)20(17(2)30-31)14-15-27-26(28-21-10-8-9-11-22(21)33-4)29-25(32)19-12-13-23(34-5)24(16-19)35-6/h8-13,16H,7,14-15H2,1-6H3,(H2,27,28,29,32). The second kappa shape index (κ2) is 11.9. The molecule has 0 aliphatic rings. The lowest BCUT2D eigenvalue weighted by Crippen LogP contribution is -2.36. The van der Waals surface area contributed by atoms with Crippen molar-refractivity contribution in [1.82, 2.24) is 15.1 Å². The quantitative estimate of drug-likeness (QED) is 0.356. The monoisotopic (exact) mass is 479 g/mol. The van der Waals surface area contributed by atoms with Crippen LogP contribution in [0.2, 0.25) is 0 Å². The lowest BCUT2D eigenvalue weighted by atomic mass is 10.1. The number of aromatic nitrogens is 2. The summed E-state index contributed by atoms with van der Waals surface area (Å²) in [7, 11) is 4.67. The summed E-state index contributed by atoms with van der Waals surface area (Å²) in [6.45, 7) is 7.42. The molecule has 0 aliphatic carbocycles. The molecule has 0 spiro atoms. The molecule has 2 N–H and O–H groups in total. The number of carbonyl (C=O) groups is 1. The maximum absolute atomic E-state index is 13.1. The van der Waals surface area contributed by atoms with Crippen LogP contribution in [-0.2, 0) is 13.0 Å². The summed E-state index contributed by atoms with van der Waals surface area (Å²) in [5.41, 5.74) is 4.39. The van der Waals surface area contributed by atoms with E-state index in [1.165, 1.54) is 12.7 Å². The highest BCUT2D eigenvalue weighted by Crippen LogP contribution is 2.27. The molecule has 35 heavy (non-hydrogen) atoms. The number of anilines is 1. The Kier molecular flexibility index (Phi) is 8.72. The fourth-order valence-corrected chi connectivity index (χ4v) is 3.83. The maximum Gasteiger partial charge on any atom is 0.258 e. The van der Waals surface area contributed by atoms with Gasteiger partial charge in [0.25, 0.3) is 5.91 Å². The number of amides is 1. The van der Waals surface area contributed by atoms with Crippen molar-refractivity contribution < 1.29 is 19.0 Å². The number of guanidine groups is 1. The number of carbonyl (C=O) groups excluding carboxylic acids is 1. The molecule has 1 heterocycles. The first kappa shape index (κ1) is 25.6. The molecule has 0 radical (unpaired) electrons. The lowest BCUT2D eigenvalue weighted by Gasteiger charge is -2.15. The van der Waals surface area contributed by atoms with Crippen LogP contribution >= 0.6 is 0 Å². The molecule has 0 bridgehead atoms. The van der Waals surface area contributed by atoms with Crippen LogP contribution in [0.3, 0.4) is 0 Å². The molecule has 2 aromatic carbocycles. The van der Waals surface area contributed by atoms with Crippen molar-refractivity contribution >= 4 is 17.6 Å². The maximum atomic E-state index is 13.1. The Hall–Kier alpha value is -4.01. The summed E-state index contributed by atoms with van der Waals surface area (Å²) in [5.74, 6) is 1.63. The van der Waals surface area contributed by atoms with Gasteiger partial charge in [0.1, 0.15) is 5.75 Å². The van der Waals surface area contributed by atoms with Gasteiger partial charge in [0.15, 0.2) is 11.5 Å². The summed E-state index contributed by atoms with van der Waals surface area (Å²) in [4.78, 5) is 17.8. The topological polar surface area (TPSA) is 99.0 Å². The zero-order valence-electron chi connectivity index (χ0n) is 21.1. The Bertz CT molecular complexity index is 1200. The van der Waals surface area contributed by atoms with Crippen LogP contribution in [0.15, 0.2) is 47.5 Å². The van der Waals surface area contributed by atoms with E-state index < -0.39 is 0 Å². The summed E-state index contributed by atoms with van der Waals surface area (Å²) < 4.78 is 18.0. The van der Waals surface area contributed by atoms with E-state index in [9.17, 15) is 4.79 Å². The second-order valence-electron chi connectivity index (χ2n) is 7.79. The Morgan fingerprint density at radius 3 is 2.37 bits per heavy atom. The smallest absolute Gasteiger partial charge is 0.258 e.